The highest BCUT2D eigenvalue weighted by Crippen LogP contribution is 1.95. The van der Waals surface area contributed by atoms with Gasteiger partial charge in [-0.3, -0.25) is 0 Å². The Morgan fingerprint density at radius 3 is 2.79 bits per heavy atom. The normalized spacial score (nSPS) is 10.2. The van der Waals surface area contributed by atoms with E-state index >= 15 is 0 Å². The summed E-state index contributed by atoms with van der Waals surface area (Å²) in [6.45, 7) is 2.24. The van der Waals surface area contributed by atoms with Gasteiger partial charge in [-0.1, -0.05) is 0 Å². The van der Waals surface area contributed by atoms with Gasteiger partial charge in [0.25, 0.3) is 0 Å². The van der Waals surface area contributed by atoms with E-state index in [1.165, 1.54) is 12.5 Å². The smallest absolute Gasteiger partial charge is 0.356 e. The van der Waals surface area contributed by atoms with Crippen LogP contribution < -0.4 is 10.6 Å². The monoisotopic (exact) mass is 269 g/mol. The molecular formula is C11H19N5O3. The van der Waals surface area contributed by atoms with E-state index in [4.69, 9.17) is 5.11 Å². The largest absolute Gasteiger partial charge is 0.476 e. The first kappa shape index (κ1) is 15.0. The van der Waals surface area contributed by atoms with Crippen LogP contribution in [0.1, 0.15) is 10.5 Å². The number of aromatic carboxylic acids is 1. The minimum atomic E-state index is -1.06. The third-order valence-corrected chi connectivity index (χ3v) is 2.54. The first-order valence-corrected chi connectivity index (χ1v) is 5.93. The van der Waals surface area contributed by atoms with Crippen molar-refractivity contribution in [2.45, 2.75) is 6.54 Å². The van der Waals surface area contributed by atoms with E-state index in [0.29, 0.717) is 19.6 Å². The number of nitrogens with one attached hydrogen (secondary N) is 2. The molecule has 0 spiro atoms. The second-order valence-electron chi connectivity index (χ2n) is 4.06. The number of aromatic nitrogens is 2. The lowest BCUT2D eigenvalue weighted by Crippen LogP contribution is -2.41. The Hall–Kier alpha value is -2.09. The summed E-state index contributed by atoms with van der Waals surface area (Å²) in [5.41, 5.74) is -0.00235. The van der Waals surface area contributed by atoms with E-state index in [2.05, 4.69) is 15.6 Å². The first-order valence-electron chi connectivity index (χ1n) is 5.93. The van der Waals surface area contributed by atoms with Gasteiger partial charge in [-0.2, -0.15) is 0 Å². The molecule has 0 bridgehead atoms. The molecule has 1 heterocycles. The van der Waals surface area contributed by atoms with E-state index in [1.54, 1.807) is 16.5 Å². The van der Waals surface area contributed by atoms with E-state index in [0.717, 1.165) is 6.54 Å². The van der Waals surface area contributed by atoms with Crippen LogP contribution in [0.5, 0.6) is 0 Å². The number of carbonyl (C=O) groups excluding carboxylic acids is 1. The van der Waals surface area contributed by atoms with Crippen LogP contribution in [0.3, 0.4) is 0 Å². The highest BCUT2D eigenvalue weighted by molar-refractivity contribution is 5.84. The summed E-state index contributed by atoms with van der Waals surface area (Å²) >= 11 is 0. The number of amides is 2. The van der Waals surface area contributed by atoms with Gasteiger partial charge in [-0.15, -0.1) is 0 Å². The van der Waals surface area contributed by atoms with Crippen molar-refractivity contribution in [3.8, 4) is 0 Å². The summed E-state index contributed by atoms with van der Waals surface area (Å²) in [5.74, 6) is -1.06. The van der Waals surface area contributed by atoms with Crippen LogP contribution in [0.25, 0.3) is 0 Å². The van der Waals surface area contributed by atoms with E-state index in [9.17, 15) is 9.59 Å². The van der Waals surface area contributed by atoms with Crippen molar-refractivity contribution >= 4 is 12.0 Å². The number of likely N-dealkylation sites (N-methyl/N-ethyl adjacent to an activating group) is 2. The van der Waals surface area contributed by atoms with E-state index in [1.807, 2.05) is 7.05 Å². The van der Waals surface area contributed by atoms with Crippen molar-refractivity contribution in [3.05, 3.63) is 18.2 Å². The average molecular weight is 269 g/mol. The zero-order valence-corrected chi connectivity index (χ0v) is 11.1. The molecule has 0 aliphatic heterocycles. The number of urea groups is 1. The minimum absolute atomic E-state index is 0.00235. The Kier molecular flexibility index (Phi) is 5.80. The number of hydrogen-bond donors (Lipinski definition) is 3. The van der Waals surface area contributed by atoms with Crippen LogP contribution in [-0.4, -0.2) is 65.3 Å². The molecule has 0 aliphatic carbocycles. The third-order valence-electron chi connectivity index (χ3n) is 2.54. The maximum Gasteiger partial charge on any atom is 0.356 e. The Labute approximate surface area is 111 Å². The number of nitrogens with zero attached hydrogens (tertiary/aromatic N) is 3. The molecule has 1 rings (SSSR count). The topological polar surface area (TPSA) is 99.5 Å². The molecule has 0 fully saturated rings. The van der Waals surface area contributed by atoms with Crippen molar-refractivity contribution < 1.29 is 14.7 Å². The summed E-state index contributed by atoms with van der Waals surface area (Å²) in [5, 5.41) is 14.4. The molecule has 0 aliphatic rings. The van der Waals surface area contributed by atoms with E-state index in [-0.39, 0.29) is 11.7 Å². The van der Waals surface area contributed by atoms with Crippen molar-refractivity contribution in [2.75, 3.05) is 33.7 Å². The van der Waals surface area contributed by atoms with Crippen molar-refractivity contribution in [2.24, 2.45) is 0 Å². The van der Waals surface area contributed by atoms with Gasteiger partial charge in [0.15, 0.2) is 5.69 Å². The van der Waals surface area contributed by atoms with E-state index < -0.39 is 5.97 Å². The molecule has 19 heavy (non-hydrogen) atoms. The van der Waals surface area contributed by atoms with Crippen molar-refractivity contribution in [1.82, 2.24) is 25.1 Å². The van der Waals surface area contributed by atoms with Gasteiger partial charge in [0.1, 0.15) is 0 Å². The van der Waals surface area contributed by atoms with Crippen LogP contribution in [0, 0.1) is 0 Å². The van der Waals surface area contributed by atoms with Crippen LogP contribution in [-0.2, 0) is 6.54 Å². The van der Waals surface area contributed by atoms with Gasteiger partial charge >= 0.3 is 12.0 Å². The van der Waals surface area contributed by atoms with Crippen molar-refractivity contribution in [3.63, 3.8) is 0 Å². The Balaban J connectivity index is 2.29. The molecule has 106 valence electrons. The summed E-state index contributed by atoms with van der Waals surface area (Å²) < 4.78 is 1.62. The molecule has 8 heteroatoms. The molecule has 0 aromatic carbocycles. The molecule has 0 atom stereocenters. The predicted octanol–water partition coefficient (Wildman–Crippen LogP) is -0.558. The number of carboxylic acids is 1. The molecule has 3 N–H and O–H groups in total. The summed E-state index contributed by atoms with van der Waals surface area (Å²) in [7, 11) is 3.54. The van der Waals surface area contributed by atoms with Gasteiger partial charge in [0.05, 0.1) is 6.33 Å². The Morgan fingerprint density at radius 1 is 1.47 bits per heavy atom. The van der Waals surface area contributed by atoms with Crippen LogP contribution in [0.2, 0.25) is 0 Å². The summed E-state index contributed by atoms with van der Waals surface area (Å²) in [4.78, 5) is 27.5. The Bertz CT molecular complexity index is 432. The molecule has 1 aromatic heterocycles. The maximum atomic E-state index is 11.6. The van der Waals surface area contributed by atoms with Gasteiger partial charge in [0.2, 0.25) is 0 Å². The Morgan fingerprint density at radius 2 is 2.21 bits per heavy atom. The second kappa shape index (κ2) is 7.37. The average Bonchev–Trinajstić information content (AvgIpc) is 2.84. The zero-order chi connectivity index (χ0) is 14.3. The second-order valence-corrected chi connectivity index (χ2v) is 4.06. The van der Waals surface area contributed by atoms with Crippen LogP contribution in [0.4, 0.5) is 4.79 Å². The minimum Gasteiger partial charge on any atom is -0.476 e. The van der Waals surface area contributed by atoms with Gasteiger partial charge in [0, 0.05) is 39.4 Å². The van der Waals surface area contributed by atoms with Gasteiger partial charge in [-0.25, -0.2) is 14.6 Å². The molecule has 8 nitrogen and oxygen atoms in total. The molecule has 0 saturated carbocycles. The molecular weight excluding hydrogens is 250 g/mol. The fourth-order valence-corrected chi connectivity index (χ4v) is 1.40. The summed E-state index contributed by atoms with van der Waals surface area (Å²) in [6, 6.07) is -0.158. The molecule has 2 amide bonds. The fourth-order valence-electron chi connectivity index (χ4n) is 1.40. The maximum absolute atomic E-state index is 11.6. The molecule has 0 saturated heterocycles. The quantitative estimate of drug-likeness (QED) is 0.616. The SMILES string of the molecule is CNCCN(C)C(=O)NCCn1cnc(C(=O)O)c1. The standard InChI is InChI=1S/C11H19N5O3/c1-12-3-5-15(2)11(19)13-4-6-16-7-9(10(17)18)14-8-16/h7-8,12H,3-6H2,1-2H3,(H,13,19)(H,17,18). The number of rotatable bonds is 7. The lowest BCUT2D eigenvalue weighted by molar-refractivity contribution is 0.0691. The summed E-state index contributed by atoms with van der Waals surface area (Å²) in [6.07, 6.45) is 2.86. The van der Waals surface area contributed by atoms with Crippen LogP contribution >= 0.6 is 0 Å². The lowest BCUT2D eigenvalue weighted by Gasteiger charge is -2.17. The molecule has 0 radical (unpaired) electrons. The van der Waals surface area contributed by atoms with Crippen LogP contribution in [0.15, 0.2) is 12.5 Å². The molecule has 1 aromatic rings. The number of hydrogen-bond acceptors (Lipinski definition) is 4. The number of carboxylic acid groups (broad SMARTS) is 1. The zero-order valence-electron chi connectivity index (χ0n) is 11.1. The lowest BCUT2D eigenvalue weighted by atomic mass is 10.5. The first-order chi connectivity index (χ1) is 9.04. The number of carbonyl (C=O) groups is 2. The van der Waals surface area contributed by atoms with Gasteiger partial charge in [-0.05, 0) is 7.05 Å². The van der Waals surface area contributed by atoms with Gasteiger partial charge < -0.3 is 25.2 Å². The number of imidazole rings is 1. The third kappa shape index (κ3) is 4.96. The molecule has 0 unspecified atom stereocenters. The highest BCUT2D eigenvalue weighted by Gasteiger charge is 2.08. The highest BCUT2D eigenvalue weighted by atomic mass is 16.4. The van der Waals surface area contributed by atoms with Crippen molar-refractivity contribution in [1.29, 1.82) is 0 Å². The predicted molar refractivity (Wildman–Crippen MR) is 69.1 cm³/mol. The fraction of sp³-hybridized carbons (Fsp3) is 0.545.